The number of carbonyl (C=O) groups excluding carboxylic acids is 4. The summed E-state index contributed by atoms with van der Waals surface area (Å²) in [5.41, 5.74) is 0.225. The second-order valence-corrected chi connectivity index (χ2v) is 19.3. The first-order chi connectivity index (χ1) is 29.8. The Hall–Kier alpha value is -3.95. The highest BCUT2D eigenvalue weighted by atomic mass is 16.7. The van der Waals surface area contributed by atoms with E-state index in [1.54, 1.807) is 18.7 Å². The lowest BCUT2D eigenvalue weighted by Gasteiger charge is -2.49. The second-order valence-electron chi connectivity index (χ2n) is 19.3. The first-order valence-corrected chi connectivity index (χ1v) is 22.9. The minimum absolute atomic E-state index is 0.0971. The van der Waals surface area contributed by atoms with Crippen LogP contribution in [0.15, 0.2) is 48.7 Å². The van der Waals surface area contributed by atoms with Gasteiger partial charge in [-0.05, 0) is 104 Å². The van der Waals surface area contributed by atoms with Crippen molar-refractivity contribution in [3.8, 4) is 0 Å². The smallest absolute Gasteiger partial charge is 0.410 e. The van der Waals surface area contributed by atoms with Crippen LogP contribution in [0.2, 0.25) is 0 Å². The number of cyclic esters (lactones) is 1. The predicted octanol–water partition coefficient (Wildman–Crippen LogP) is 7.09. The van der Waals surface area contributed by atoms with E-state index in [0.717, 1.165) is 23.7 Å². The number of nitrogens with zero attached hydrogens (tertiary/aromatic N) is 3. The number of esters is 2. The van der Waals surface area contributed by atoms with Crippen molar-refractivity contribution in [1.29, 1.82) is 0 Å². The molecule has 1 aromatic carbocycles. The van der Waals surface area contributed by atoms with Gasteiger partial charge < -0.3 is 43.0 Å². The van der Waals surface area contributed by atoms with Gasteiger partial charge in [-0.1, -0.05) is 52.5 Å². The third-order valence-corrected chi connectivity index (χ3v) is 14.1. The summed E-state index contributed by atoms with van der Waals surface area (Å²) in [7, 11) is 3.85. The second kappa shape index (κ2) is 20.1. The highest BCUT2D eigenvalue weighted by molar-refractivity contribution is 5.85. The third-order valence-electron chi connectivity index (χ3n) is 14.1. The van der Waals surface area contributed by atoms with Crippen molar-refractivity contribution in [1.82, 2.24) is 14.8 Å². The molecule has 1 amide bonds. The summed E-state index contributed by atoms with van der Waals surface area (Å²) in [6.45, 7) is 21.2. The highest BCUT2D eigenvalue weighted by Crippen LogP contribution is 2.44. The van der Waals surface area contributed by atoms with E-state index in [0.29, 0.717) is 31.4 Å². The van der Waals surface area contributed by atoms with Crippen LogP contribution in [0.25, 0.3) is 10.9 Å². The van der Waals surface area contributed by atoms with Gasteiger partial charge in [0, 0.05) is 42.8 Å². The quantitative estimate of drug-likeness (QED) is 0.104. The molecular formula is C49H71N3O11. The molecule has 6 rings (SSSR count). The molecule has 5 heterocycles. The number of hydrogen-bond donors (Lipinski definition) is 0. The SMILES string of the molecule is C=C1CO[C@@H]2[C@@H](C)[C@@H](O[C@@H]3O[C@H](C)C[C@H](N(C)C)[C@H]3OC(C)=O)[C@](C)(C[C@@H](C)C(=O)[C@H](C)[C@@H]3N(CCCCc4ccnc5ccccc45)C(=O)O[C@@]3(C)[C@@H](CC)OC(=O)[C@@H]2C)OC1. The Morgan fingerprint density at radius 3 is 2.44 bits per heavy atom. The van der Waals surface area contributed by atoms with E-state index in [1.165, 1.54) is 12.5 Å². The molecule has 348 valence electrons. The fraction of sp³-hybridized carbons (Fsp3) is 0.694. The van der Waals surface area contributed by atoms with Gasteiger partial charge in [0.25, 0.3) is 0 Å². The average molecular weight is 878 g/mol. The molecular weight excluding hydrogens is 807 g/mol. The monoisotopic (exact) mass is 878 g/mol. The first-order valence-electron chi connectivity index (χ1n) is 22.9. The lowest BCUT2D eigenvalue weighted by Crippen LogP contribution is -2.61. The summed E-state index contributed by atoms with van der Waals surface area (Å²) in [5.74, 6) is -3.84. The summed E-state index contributed by atoms with van der Waals surface area (Å²) in [6, 6.07) is 9.11. The van der Waals surface area contributed by atoms with Crippen LogP contribution < -0.4 is 0 Å². The Morgan fingerprint density at radius 1 is 1.02 bits per heavy atom. The topological polar surface area (TPSA) is 152 Å². The number of Topliss-reactive ketones (excluding diaryl/α,β-unsaturated/α-hetero) is 1. The number of aromatic nitrogens is 1. The van der Waals surface area contributed by atoms with Gasteiger partial charge in [0.05, 0.1) is 60.6 Å². The van der Waals surface area contributed by atoms with E-state index in [2.05, 4.69) is 17.6 Å². The number of likely N-dealkylation sites (N-methyl/N-ethyl adjacent to an activating group) is 1. The molecule has 2 aromatic rings. The number of carbonyl (C=O) groups is 4. The van der Waals surface area contributed by atoms with Crippen LogP contribution in [0.1, 0.15) is 100.0 Å². The van der Waals surface area contributed by atoms with Gasteiger partial charge in [-0.15, -0.1) is 0 Å². The molecule has 14 nitrogen and oxygen atoms in total. The number of amides is 1. The van der Waals surface area contributed by atoms with E-state index in [-0.39, 0.29) is 37.6 Å². The van der Waals surface area contributed by atoms with Crippen LogP contribution >= 0.6 is 0 Å². The van der Waals surface area contributed by atoms with Crippen LogP contribution in [0.5, 0.6) is 0 Å². The van der Waals surface area contributed by atoms with Gasteiger partial charge in [0.1, 0.15) is 11.9 Å². The van der Waals surface area contributed by atoms with E-state index >= 15 is 4.79 Å². The minimum atomic E-state index is -1.35. The normalized spacial score (nSPS) is 37.1. The van der Waals surface area contributed by atoms with Crippen LogP contribution in [-0.4, -0.2) is 133 Å². The Morgan fingerprint density at radius 2 is 1.75 bits per heavy atom. The predicted molar refractivity (Wildman–Crippen MR) is 237 cm³/mol. The number of pyridine rings is 1. The maximum absolute atomic E-state index is 15.1. The molecule has 0 unspecified atom stereocenters. The molecule has 0 spiro atoms. The van der Waals surface area contributed by atoms with Gasteiger partial charge in [-0.3, -0.25) is 19.4 Å². The summed E-state index contributed by atoms with van der Waals surface area (Å²) >= 11 is 0. The molecule has 63 heavy (non-hydrogen) atoms. The molecule has 1 aromatic heterocycles. The van der Waals surface area contributed by atoms with Crippen molar-refractivity contribution in [2.45, 2.75) is 161 Å². The maximum atomic E-state index is 15.1. The molecule has 4 fully saturated rings. The summed E-state index contributed by atoms with van der Waals surface area (Å²) < 4.78 is 45.7. The molecule has 0 saturated carbocycles. The number of rotatable bonds is 10. The van der Waals surface area contributed by atoms with E-state index in [4.69, 9.17) is 33.2 Å². The Bertz CT molecular complexity index is 1970. The van der Waals surface area contributed by atoms with Crippen LogP contribution in [-0.2, 0) is 54.0 Å². The van der Waals surface area contributed by atoms with Crippen molar-refractivity contribution in [3.63, 3.8) is 0 Å². The molecule has 14 atom stereocenters. The van der Waals surface area contributed by atoms with E-state index in [9.17, 15) is 14.4 Å². The average Bonchev–Trinajstić information content (AvgIpc) is 3.51. The fourth-order valence-corrected chi connectivity index (χ4v) is 10.9. The lowest BCUT2D eigenvalue weighted by molar-refractivity contribution is -0.304. The number of ether oxygens (including phenoxy) is 7. The number of fused-ring (bicyclic) bond motifs is 5. The molecule has 0 aliphatic carbocycles. The Kier molecular flexibility index (Phi) is 15.4. The standard InChI is InChI=1S/C49H71N3O11/c1-13-39-49(10)43(52(47(56)63-49)23-17-16-18-35-21-22-50-37-20-15-14-19-36(35)37)31(5)40(54)29(3)25-48(9)44(32(6)41(33(7)45(55)61-39)57-26-28(2)27-58-48)62-46-42(60-34(8)53)38(51(11)12)24-30(4)59-46/h14-15,19-22,29-33,38-39,41-44,46H,2,13,16-18,23-27H2,1,3-12H3/t29-,30-,31+,32-,33-,38+,39-,41-,42-,43+,44-,46+,48+,49+/m1/s1. The largest absolute Gasteiger partial charge is 0.458 e. The van der Waals surface area contributed by atoms with E-state index in [1.807, 2.05) is 91.0 Å². The number of para-hydroxylation sites is 1. The molecule has 2 bridgehead atoms. The number of hydrogen-bond acceptors (Lipinski definition) is 13. The molecule has 0 radical (unpaired) electrons. The van der Waals surface area contributed by atoms with Crippen molar-refractivity contribution in [2.24, 2.45) is 23.7 Å². The summed E-state index contributed by atoms with van der Waals surface area (Å²) in [6.07, 6.45) is 0.0453. The fourth-order valence-electron chi connectivity index (χ4n) is 10.9. The first kappa shape index (κ1) is 48.5. The third kappa shape index (κ3) is 10.3. The minimum Gasteiger partial charge on any atom is -0.458 e. The zero-order valence-corrected chi connectivity index (χ0v) is 39.3. The van der Waals surface area contributed by atoms with Crippen LogP contribution in [0, 0.1) is 23.7 Å². The van der Waals surface area contributed by atoms with Gasteiger partial charge in [0.2, 0.25) is 0 Å². The molecule has 0 N–H and O–H groups in total. The van der Waals surface area contributed by atoms with Gasteiger partial charge in [-0.2, -0.15) is 0 Å². The zero-order chi connectivity index (χ0) is 46.0. The summed E-state index contributed by atoms with van der Waals surface area (Å²) in [5, 5.41) is 1.10. The molecule has 4 aliphatic heterocycles. The van der Waals surface area contributed by atoms with Crippen LogP contribution in [0.3, 0.4) is 0 Å². The Labute approximate surface area is 373 Å². The summed E-state index contributed by atoms with van der Waals surface area (Å²) in [4.78, 5) is 64.5. The maximum Gasteiger partial charge on any atom is 0.410 e. The van der Waals surface area contributed by atoms with Crippen molar-refractivity contribution in [3.05, 3.63) is 54.2 Å². The molecule has 14 heteroatoms. The van der Waals surface area contributed by atoms with Gasteiger partial charge >= 0.3 is 18.0 Å². The van der Waals surface area contributed by atoms with Crippen molar-refractivity contribution >= 4 is 34.7 Å². The zero-order valence-electron chi connectivity index (χ0n) is 39.3. The van der Waals surface area contributed by atoms with E-state index < -0.39 is 89.7 Å². The number of aryl methyl sites for hydroxylation is 1. The van der Waals surface area contributed by atoms with Gasteiger partial charge in [0.15, 0.2) is 18.0 Å². The van der Waals surface area contributed by atoms with Crippen molar-refractivity contribution in [2.75, 3.05) is 33.9 Å². The lowest BCUT2D eigenvalue weighted by atomic mass is 9.73. The molecule has 4 saturated heterocycles. The highest BCUT2D eigenvalue weighted by Gasteiger charge is 2.60. The number of unbranched alkanes of at least 4 members (excludes halogenated alkanes) is 1. The Balaban J connectivity index is 1.37. The van der Waals surface area contributed by atoms with Crippen molar-refractivity contribution < 1.29 is 52.3 Å². The molecule has 4 aliphatic rings. The van der Waals surface area contributed by atoms with Gasteiger partial charge in [-0.25, -0.2) is 4.79 Å². The number of benzene rings is 1. The van der Waals surface area contributed by atoms with Crippen LogP contribution in [0.4, 0.5) is 4.79 Å². The number of ketones is 1.